The summed E-state index contributed by atoms with van der Waals surface area (Å²) >= 11 is 0. The summed E-state index contributed by atoms with van der Waals surface area (Å²) in [5, 5.41) is 0. The topological polar surface area (TPSA) is 0 Å². The van der Waals surface area contributed by atoms with Crippen LogP contribution in [0, 0.1) is 5.92 Å². The van der Waals surface area contributed by atoms with E-state index < -0.39 is 0 Å². The van der Waals surface area contributed by atoms with Crippen molar-refractivity contribution in [1.29, 1.82) is 0 Å². The van der Waals surface area contributed by atoms with Crippen molar-refractivity contribution in [1.82, 2.24) is 0 Å². The van der Waals surface area contributed by atoms with Gasteiger partial charge in [-0.3, -0.25) is 0 Å². The molecule has 0 heterocycles. The van der Waals surface area contributed by atoms with Crippen LogP contribution in [-0.2, 0) is 0 Å². The molecule has 0 radical (unpaired) electrons. The molecule has 0 aliphatic rings. The molecule has 0 bridgehead atoms. The van der Waals surface area contributed by atoms with Crippen LogP contribution in [-0.4, -0.2) is 19.5 Å². The van der Waals surface area contributed by atoms with Crippen molar-refractivity contribution < 1.29 is 0 Å². The van der Waals surface area contributed by atoms with Gasteiger partial charge in [0.25, 0.3) is 0 Å². The van der Waals surface area contributed by atoms with Crippen LogP contribution < -0.4 is 0 Å². The summed E-state index contributed by atoms with van der Waals surface area (Å²) in [6.45, 7) is 9.55. The second kappa shape index (κ2) is 13.9. The molecule has 0 aromatic rings. The van der Waals surface area contributed by atoms with Crippen molar-refractivity contribution in [2.24, 2.45) is 5.92 Å². The second-order valence-corrected chi connectivity index (χ2v) is 8.92. The average Bonchev–Trinajstić information content (AvgIpc) is 2.34. The molecule has 0 aliphatic carbocycles. The lowest BCUT2D eigenvalue weighted by atomic mass is 9.99. The third-order valence-corrected chi connectivity index (χ3v) is 5.02. The standard InChI is InChI=1S/C17H37P/c1-5-6-7-8-9-10-11-12-13-14-17(2)15-16-18(3)4/h17H,5-16H2,1-4H3. The molecule has 0 aliphatic heterocycles. The highest BCUT2D eigenvalue weighted by Gasteiger charge is 2.03. The second-order valence-electron chi connectivity index (χ2n) is 6.31. The van der Waals surface area contributed by atoms with Crippen LogP contribution in [0.5, 0.6) is 0 Å². The highest BCUT2D eigenvalue weighted by atomic mass is 31.1. The van der Waals surface area contributed by atoms with Crippen molar-refractivity contribution in [2.75, 3.05) is 19.5 Å². The number of unbranched alkanes of at least 4 members (excludes halogenated alkanes) is 8. The van der Waals surface area contributed by atoms with Crippen LogP contribution >= 0.6 is 7.92 Å². The van der Waals surface area contributed by atoms with Gasteiger partial charge in [0.05, 0.1) is 0 Å². The Morgan fingerprint density at radius 2 is 1.22 bits per heavy atom. The maximum absolute atomic E-state index is 2.45. The van der Waals surface area contributed by atoms with E-state index >= 15 is 0 Å². The average molecular weight is 272 g/mol. The highest BCUT2D eigenvalue weighted by molar-refractivity contribution is 7.55. The van der Waals surface area contributed by atoms with E-state index in [9.17, 15) is 0 Å². The lowest BCUT2D eigenvalue weighted by molar-refractivity contribution is 0.471. The van der Waals surface area contributed by atoms with Crippen molar-refractivity contribution in [3.63, 3.8) is 0 Å². The van der Waals surface area contributed by atoms with Gasteiger partial charge in [0.2, 0.25) is 0 Å². The Kier molecular flexibility index (Phi) is 14.2. The SMILES string of the molecule is CCCCCCCCCCCC(C)CCP(C)C. The van der Waals surface area contributed by atoms with E-state index in [1.165, 1.54) is 76.8 Å². The summed E-state index contributed by atoms with van der Waals surface area (Å²) in [5.74, 6) is 0.972. The third-order valence-electron chi connectivity index (χ3n) is 3.87. The predicted octanol–water partition coefficient (Wildman–Crippen LogP) is 6.68. The molecule has 1 unspecified atom stereocenters. The quantitative estimate of drug-likeness (QED) is 0.259. The molecule has 0 nitrogen and oxygen atoms in total. The van der Waals surface area contributed by atoms with Crippen molar-refractivity contribution in [2.45, 2.75) is 84.5 Å². The summed E-state index contributed by atoms with van der Waals surface area (Å²) in [6, 6.07) is 0. The molecule has 1 atom stereocenters. The normalized spacial score (nSPS) is 13.2. The summed E-state index contributed by atoms with van der Waals surface area (Å²) < 4.78 is 0. The first-order valence-electron chi connectivity index (χ1n) is 8.31. The molecule has 0 aromatic carbocycles. The van der Waals surface area contributed by atoms with Gasteiger partial charge in [-0.05, 0) is 31.8 Å². The summed E-state index contributed by atoms with van der Waals surface area (Å²) in [4.78, 5) is 0. The van der Waals surface area contributed by atoms with Crippen LogP contribution in [0.15, 0.2) is 0 Å². The molecule has 0 rings (SSSR count). The molecule has 0 spiro atoms. The smallest absolute Gasteiger partial charge is 0.0328 e. The van der Waals surface area contributed by atoms with Gasteiger partial charge in [0, 0.05) is 0 Å². The summed E-state index contributed by atoms with van der Waals surface area (Å²) in [7, 11) is 0.335. The minimum Gasteiger partial charge on any atom is -0.113 e. The molecule has 110 valence electrons. The monoisotopic (exact) mass is 272 g/mol. The van der Waals surface area contributed by atoms with Crippen molar-refractivity contribution >= 4 is 7.92 Å². The van der Waals surface area contributed by atoms with Crippen LogP contribution in [0.3, 0.4) is 0 Å². The zero-order chi connectivity index (χ0) is 13.6. The van der Waals surface area contributed by atoms with Crippen LogP contribution in [0.1, 0.15) is 84.5 Å². The maximum Gasteiger partial charge on any atom is -0.0328 e. The minimum atomic E-state index is 0.335. The molecule has 0 N–H and O–H groups in total. The fraction of sp³-hybridized carbons (Fsp3) is 1.00. The van der Waals surface area contributed by atoms with E-state index in [2.05, 4.69) is 27.2 Å². The Labute approximate surface area is 118 Å². The molecule has 0 amide bonds. The first-order chi connectivity index (χ1) is 8.66. The summed E-state index contributed by atoms with van der Waals surface area (Å²) in [5.41, 5.74) is 0. The Hall–Kier alpha value is 0.430. The number of hydrogen-bond acceptors (Lipinski definition) is 0. The van der Waals surface area contributed by atoms with Gasteiger partial charge in [-0.1, -0.05) is 78.1 Å². The number of hydrogen-bond donors (Lipinski definition) is 0. The highest BCUT2D eigenvalue weighted by Crippen LogP contribution is 2.28. The maximum atomic E-state index is 2.45. The molecular weight excluding hydrogens is 235 g/mol. The van der Waals surface area contributed by atoms with Gasteiger partial charge in [0.1, 0.15) is 0 Å². The van der Waals surface area contributed by atoms with Gasteiger partial charge < -0.3 is 0 Å². The van der Waals surface area contributed by atoms with E-state index in [1.807, 2.05) is 0 Å². The minimum absolute atomic E-state index is 0.335. The Bertz CT molecular complexity index is 154. The zero-order valence-corrected chi connectivity index (χ0v) is 14.4. The first kappa shape index (κ1) is 18.4. The lowest BCUT2D eigenvalue weighted by Gasteiger charge is -2.12. The van der Waals surface area contributed by atoms with Crippen LogP contribution in [0.25, 0.3) is 0 Å². The van der Waals surface area contributed by atoms with Gasteiger partial charge in [-0.25, -0.2) is 0 Å². The largest absolute Gasteiger partial charge is 0.113 e. The molecule has 1 heteroatoms. The first-order valence-corrected chi connectivity index (χ1v) is 10.7. The Morgan fingerprint density at radius 3 is 1.72 bits per heavy atom. The molecular formula is C17H37P. The van der Waals surface area contributed by atoms with E-state index in [0.29, 0.717) is 7.92 Å². The van der Waals surface area contributed by atoms with Crippen LogP contribution in [0.2, 0.25) is 0 Å². The Morgan fingerprint density at radius 1 is 0.722 bits per heavy atom. The van der Waals surface area contributed by atoms with Crippen molar-refractivity contribution in [3.8, 4) is 0 Å². The van der Waals surface area contributed by atoms with Gasteiger partial charge >= 0.3 is 0 Å². The molecule has 18 heavy (non-hydrogen) atoms. The zero-order valence-electron chi connectivity index (χ0n) is 13.5. The third kappa shape index (κ3) is 14.5. The molecule has 0 aromatic heterocycles. The molecule has 0 saturated carbocycles. The number of rotatable bonds is 13. The predicted molar refractivity (Wildman–Crippen MR) is 89.3 cm³/mol. The fourth-order valence-corrected chi connectivity index (χ4v) is 3.38. The van der Waals surface area contributed by atoms with Gasteiger partial charge in [-0.15, -0.1) is 7.92 Å². The van der Waals surface area contributed by atoms with Gasteiger partial charge in [-0.2, -0.15) is 0 Å². The fourth-order valence-electron chi connectivity index (χ4n) is 2.43. The van der Waals surface area contributed by atoms with E-state index in [4.69, 9.17) is 0 Å². The van der Waals surface area contributed by atoms with E-state index in [1.54, 1.807) is 0 Å². The van der Waals surface area contributed by atoms with E-state index in [0.717, 1.165) is 5.92 Å². The Balaban J connectivity index is 3.10. The molecule has 0 fully saturated rings. The van der Waals surface area contributed by atoms with Crippen molar-refractivity contribution in [3.05, 3.63) is 0 Å². The van der Waals surface area contributed by atoms with Gasteiger partial charge in [0.15, 0.2) is 0 Å². The van der Waals surface area contributed by atoms with Crippen LogP contribution in [0.4, 0.5) is 0 Å². The molecule has 0 saturated heterocycles. The van der Waals surface area contributed by atoms with E-state index in [-0.39, 0.29) is 0 Å². The lowest BCUT2D eigenvalue weighted by Crippen LogP contribution is -1.97. The summed E-state index contributed by atoms with van der Waals surface area (Å²) in [6.07, 6.45) is 17.6.